The van der Waals surface area contributed by atoms with E-state index >= 15 is 0 Å². The molecule has 102 valence electrons. The van der Waals surface area contributed by atoms with E-state index in [2.05, 4.69) is 9.08 Å². The minimum absolute atomic E-state index is 0.0568. The van der Waals surface area contributed by atoms with E-state index in [1.54, 1.807) is 24.3 Å². The Morgan fingerprint density at radius 3 is 2.28 bits per heavy atom. The first-order chi connectivity index (χ1) is 8.37. The quantitative estimate of drug-likeness (QED) is 0.807. The van der Waals surface area contributed by atoms with Crippen LogP contribution in [0.4, 0.5) is 5.69 Å². The normalized spacial score (nSPS) is 16.3. The molecule has 5 heteroatoms. The maximum atomic E-state index is 13.0. The Bertz CT molecular complexity index is 487. The highest BCUT2D eigenvalue weighted by Gasteiger charge is 2.15. The van der Waals surface area contributed by atoms with Crippen molar-refractivity contribution in [1.29, 1.82) is 0 Å². The standard InChI is InChI=1S/C13H23N3OS/c1-5-11(4)16-18(17,15-10(2)3)13-8-6-12(14)7-9-13/h6-11H,5,14H2,1-4H3,(H,15,16,17). The summed E-state index contributed by atoms with van der Waals surface area (Å²) in [7, 11) is -2.58. The van der Waals surface area contributed by atoms with Crippen LogP contribution in [0.25, 0.3) is 0 Å². The molecule has 1 rings (SSSR count). The lowest BCUT2D eigenvalue weighted by atomic mass is 10.3. The van der Waals surface area contributed by atoms with Crippen molar-refractivity contribution >= 4 is 15.6 Å². The van der Waals surface area contributed by atoms with E-state index in [4.69, 9.17) is 5.73 Å². The van der Waals surface area contributed by atoms with Crippen molar-refractivity contribution < 1.29 is 4.21 Å². The third-order valence-corrected chi connectivity index (χ3v) is 4.87. The van der Waals surface area contributed by atoms with Crippen LogP contribution >= 0.6 is 0 Å². The molecule has 2 atom stereocenters. The van der Waals surface area contributed by atoms with Crippen molar-refractivity contribution in [2.24, 2.45) is 4.36 Å². The zero-order chi connectivity index (χ0) is 13.8. The Labute approximate surface area is 110 Å². The molecule has 1 aromatic carbocycles. The van der Waals surface area contributed by atoms with Gasteiger partial charge in [0.05, 0.1) is 10.9 Å². The summed E-state index contributed by atoms with van der Waals surface area (Å²) < 4.78 is 20.5. The Balaban J connectivity index is 3.24. The van der Waals surface area contributed by atoms with E-state index in [1.807, 2.05) is 27.7 Å². The van der Waals surface area contributed by atoms with Gasteiger partial charge in [-0.25, -0.2) is 13.3 Å². The molecule has 0 amide bonds. The lowest BCUT2D eigenvalue weighted by Crippen LogP contribution is -2.31. The second kappa shape index (κ2) is 6.20. The van der Waals surface area contributed by atoms with Gasteiger partial charge in [0, 0.05) is 11.7 Å². The smallest absolute Gasteiger partial charge is 0.137 e. The lowest BCUT2D eigenvalue weighted by Gasteiger charge is -2.17. The molecule has 0 radical (unpaired) electrons. The zero-order valence-corrected chi connectivity index (χ0v) is 12.3. The van der Waals surface area contributed by atoms with Gasteiger partial charge < -0.3 is 5.73 Å². The van der Waals surface area contributed by atoms with Gasteiger partial charge in [-0.3, -0.25) is 0 Å². The number of rotatable bonds is 5. The molecule has 3 N–H and O–H groups in total. The van der Waals surface area contributed by atoms with Crippen molar-refractivity contribution in [3.05, 3.63) is 24.3 Å². The van der Waals surface area contributed by atoms with Crippen LogP contribution in [-0.2, 0) is 9.92 Å². The predicted molar refractivity (Wildman–Crippen MR) is 77.7 cm³/mol. The predicted octanol–water partition coefficient (Wildman–Crippen LogP) is 2.81. The largest absolute Gasteiger partial charge is 0.399 e. The lowest BCUT2D eigenvalue weighted by molar-refractivity contribution is 0.633. The van der Waals surface area contributed by atoms with Crippen molar-refractivity contribution in [1.82, 2.24) is 4.72 Å². The fourth-order valence-electron chi connectivity index (χ4n) is 1.46. The van der Waals surface area contributed by atoms with Crippen LogP contribution < -0.4 is 10.5 Å². The van der Waals surface area contributed by atoms with Crippen LogP contribution in [0.2, 0.25) is 0 Å². The highest BCUT2D eigenvalue weighted by molar-refractivity contribution is 7.91. The number of hydrogen-bond acceptors (Lipinski definition) is 3. The van der Waals surface area contributed by atoms with Crippen molar-refractivity contribution in [3.63, 3.8) is 0 Å². The van der Waals surface area contributed by atoms with Crippen LogP contribution in [0.5, 0.6) is 0 Å². The molecular formula is C13H23N3OS. The molecule has 0 bridgehead atoms. The summed E-state index contributed by atoms with van der Waals surface area (Å²) in [5, 5.41) is 0. The third-order valence-electron chi connectivity index (χ3n) is 2.51. The second-order valence-corrected chi connectivity index (χ2v) is 6.70. The van der Waals surface area contributed by atoms with E-state index in [1.165, 1.54) is 0 Å². The number of hydrogen-bond donors (Lipinski definition) is 2. The Kier molecular flexibility index (Phi) is 5.16. The van der Waals surface area contributed by atoms with Gasteiger partial charge in [-0.2, -0.15) is 0 Å². The Morgan fingerprint density at radius 1 is 1.28 bits per heavy atom. The van der Waals surface area contributed by atoms with E-state index in [0.29, 0.717) is 10.6 Å². The van der Waals surface area contributed by atoms with E-state index in [0.717, 1.165) is 6.42 Å². The summed E-state index contributed by atoms with van der Waals surface area (Å²) in [5.74, 6) is 0. The van der Waals surface area contributed by atoms with Crippen LogP contribution in [0.1, 0.15) is 34.1 Å². The zero-order valence-electron chi connectivity index (χ0n) is 11.5. The molecule has 0 aromatic heterocycles. The van der Waals surface area contributed by atoms with Crippen molar-refractivity contribution in [2.75, 3.05) is 5.73 Å². The first-order valence-corrected chi connectivity index (χ1v) is 7.78. The average Bonchev–Trinajstić information content (AvgIpc) is 2.28. The van der Waals surface area contributed by atoms with Crippen LogP contribution in [0, 0.1) is 0 Å². The summed E-state index contributed by atoms with van der Waals surface area (Å²) in [6.45, 7) is 7.93. The Hall–Kier alpha value is -1.07. The van der Waals surface area contributed by atoms with Gasteiger partial charge in [0.2, 0.25) is 0 Å². The molecule has 0 saturated heterocycles. The van der Waals surface area contributed by atoms with Crippen molar-refractivity contribution in [3.8, 4) is 0 Å². The first-order valence-electron chi connectivity index (χ1n) is 6.26. The van der Waals surface area contributed by atoms with Crippen molar-refractivity contribution in [2.45, 2.75) is 51.1 Å². The molecule has 4 nitrogen and oxygen atoms in total. The van der Waals surface area contributed by atoms with Gasteiger partial charge in [0.25, 0.3) is 0 Å². The number of nitrogens with one attached hydrogen (secondary N) is 1. The topological polar surface area (TPSA) is 67.5 Å². The SMILES string of the molecule is CCC(C)N=S(=O)(NC(C)C)c1ccc(N)cc1. The monoisotopic (exact) mass is 269 g/mol. The van der Waals surface area contributed by atoms with Gasteiger partial charge in [-0.1, -0.05) is 6.92 Å². The second-order valence-electron chi connectivity index (χ2n) is 4.73. The molecule has 2 unspecified atom stereocenters. The van der Waals surface area contributed by atoms with E-state index < -0.39 is 9.92 Å². The maximum absolute atomic E-state index is 13.0. The minimum Gasteiger partial charge on any atom is -0.399 e. The van der Waals surface area contributed by atoms with Crippen LogP contribution in [-0.4, -0.2) is 16.3 Å². The molecule has 0 fully saturated rings. The van der Waals surface area contributed by atoms with E-state index in [-0.39, 0.29) is 12.1 Å². The van der Waals surface area contributed by atoms with Gasteiger partial charge in [-0.15, -0.1) is 0 Å². The molecule has 0 heterocycles. The summed E-state index contributed by atoms with van der Waals surface area (Å²) in [6, 6.07) is 7.22. The highest BCUT2D eigenvalue weighted by Crippen LogP contribution is 2.16. The average molecular weight is 269 g/mol. The van der Waals surface area contributed by atoms with Crippen LogP contribution in [0.15, 0.2) is 33.5 Å². The molecule has 0 saturated carbocycles. The summed E-state index contributed by atoms with van der Waals surface area (Å²) in [4.78, 5) is 0.686. The number of anilines is 1. The minimum atomic E-state index is -2.58. The fraction of sp³-hybridized carbons (Fsp3) is 0.538. The molecule has 0 spiro atoms. The summed E-state index contributed by atoms with van der Waals surface area (Å²) in [6.07, 6.45) is 0.867. The van der Waals surface area contributed by atoms with Gasteiger partial charge >= 0.3 is 0 Å². The van der Waals surface area contributed by atoms with Gasteiger partial charge in [0.1, 0.15) is 9.92 Å². The number of nitrogens with two attached hydrogens (primary N) is 1. The molecule has 18 heavy (non-hydrogen) atoms. The number of benzene rings is 1. The summed E-state index contributed by atoms with van der Waals surface area (Å²) >= 11 is 0. The highest BCUT2D eigenvalue weighted by atomic mass is 32.2. The Morgan fingerprint density at radius 2 is 1.83 bits per heavy atom. The van der Waals surface area contributed by atoms with E-state index in [9.17, 15) is 4.21 Å². The first kappa shape index (κ1) is 15.0. The number of nitrogen functional groups attached to an aromatic ring is 1. The van der Waals surface area contributed by atoms with Gasteiger partial charge in [-0.05, 0) is 51.5 Å². The molecule has 1 aromatic rings. The maximum Gasteiger partial charge on any atom is 0.137 e. The molecule has 0 aliphatic heterocycles. The molecule has 0 aliphatic rings. The third kappa shape index (κ3) is 3.99. The van der Waals surface area contributed by atoms with Crippen LogP contribution in [0.3, 0.4) is 0 Å². The fourth-order valence-corrected chi connectivity index (χ4v) is 3.58. The molecule has 0 aliphatic carbocycles. The van der Waals surface area contributed by atoms with Gasteiger partial charge in [0.15, 0.2) is 0 Å². The number of nitrogens with zero attached hydrogens (tertiary/aromatic N) is 1. The molecular weight excluding hydrogens is 246 g/mol. The summed E-state index contributed by atoms with van der Waals surface area (Å²) in [5.41, 5.74) is 6.32.